The van der Waals surface area contributed by atoms with Crippen LogP contribution in [0.25, 0.3) is 0 Å². The number of aromatic carboxylic acids is 1. The number of carbonyl (C=O) groups is 1. The predicted octanol–water partition coefficient (Wildman–Crippen LogP) is 2.60. The molecule has 4 nitrogen and oxygen atoms in total. The van der Waals surface area contributed by atoms with Crippen LogP contribution in [0.1, 0.15) is 30.1 Å². The number of anilines is 1. The molecule has 4 heteroatoms. The molecule has 1 fully saturated rings. The van der Waals surface area contributed by atoms with Crippen LogP contribution in [0.15, 0.2) is 18.2 Å². The van der Waals surface area contributed by atoms with Gasteiger partial charge in [-0.3, -0.25) is 0 Å². The van der Waals surface area contributed by atoms with Crippen molar-refractivity contribution in [3.63, 3.8) is 0 Å². The monoisotopic (exact) mass is 235 g/mol. The van der Waals surface area contributed by atoms with Gasteiger partial charge in [0.15, 0.2) is 0 Å². The Morgan fingerprint density at radius 1 is 1.53 bits per heavy atom. The lowest BCUT2D eigenvalue weighted by Crippen LogP contribution is -2.19. The summed E-state index contributed by atoms with van der Waals surface area (Å²) < 4.78 is 5.11. The molecule has 0 bridgehead atoms. The quantitative estimate of drug-likeness (QED) is 0.823. The summed E-state index contributed by atoms with van der Waals surface area (Å²) in [6.45, 7) is 2.09. The Hall–Kier alpha value is -1.71. The summed E-state index contributed by atoms with van der Waals surface area (Å²) >= 11 is 0. The van der Waals surface area contributed by atoms with Crippen LogP contribution in [0.4, 0.5) is 5.69 Å². The first kappa shape index (κ1) is 11.8. The molecule has 17 heavy (non-hydrogen) atoms. The Labute approximate surface area is 101 Å². The zero-order chi connectivity index (χ0) is 12.4. The zero-order valence-electron chi connectivity index (χ0n) is 10.1. The maximum Gasteiger partial charge on any atom is 0.337 e. The standard InChI is InChI=1S/C13H17NO3/c1-8(9-3-4-9)14-12-7-10(17-2)5-6-11(12)13(15)16/h5-9,14H,3-4H2,1-2H3,(H,15,16). The summed E-state index contributed by atoms with van der Waals surface area (Å²) in [4.78, 5) is 11.1. The van der Waals surface area contributed by atoms with Gasteiger partial charge in [0, 0.05) is 12.1 Å². The maximum atomic E-state index is 11.1. The van der Waals surface area contributed by atoms with E-state index in [1.54, 1.807) is 25.3 Å². The average molecular weight is 235 g/mol. The summed E-state index contributed by atoms with van der Waals surface area (Å²) in [5.41, 5.74) is 0.926. The van der Waals surface area contributed by atoms with E-state index in [4.69, 9.17) is 9.84 Å². The van der Waals surface area contributed by atoms with E-state index in [9.17, 15) is 4.79 Å². The van der Waals surface area contributed by atoms with E-state index in [0.29, 0.717) is 29.0 Å². The Morgan fingerprint density at radius 3 is 2.76 bits per heavy atom. The van der Waals surface area contributed by atoms with Gasteiger partial charge in [-0.15, -0.1) is 0 Å². The third-order valence-electron chi connectivity index (χ3n) is 3.17. The van der Waals surface area contributed by atoms with Gasteiger partial charge in [-0.05, 0) is 37.8 Å². The number of carboxylic acids is 1. The Morgan fingerprint density at radius 2 is 2.24 bits per heavy atom. The molecule has 0 radical (unpaired) electrons. The highest BCUT2D eigenvalue weighted by molar-refractivity contribution is 5.94. The fourth-order valence-corrected chi connectivity index (χ4v) is 1.92. The highest BCUT2D eigenvalue weighted by Crippen LogP contribution is 2.35. The molecule has 1 atom stereocenters. The summed E-state index contributed by atoms with van der Waals surface area (Å²) in [5.74, 6) is 0.418. The van der Waals surface area contributed by atoms with Gasteiger partial charge in [0.05, 0.1) is 18.4 Å². The Kier molecular flexibility index (Phi) is 3.22. The van der Waals surface area contributed by atoms with Gasteiger partial charge in [0.25, 0.3) is 0 Å². The van der Waals surface area contributed by atoms with Crippen LogP contribution < -0.4 is 10.1 Å². The second kappa shape index (κ2) is 4.65. The first-order valence-corrected chi connectivity index (χ1v) is 5.79. The lowest BCUT2D eigenvalue weighted by molar-refractivity contribution is 0.0698. The lowest BCUT2D eigenvalue weighted by atomic mass is 10.1. The normalized spacial score (nSPS) is 16.4. The molecule has 1 unspecified atom stereocenters. The van der Waals surface area contributed by atoms with Crippen molar-refractivity contribution in [1.82, 2.24) is 0 Å². The Bertz CT molecular complexity index is 427. The minimum atomic E-state index is -0.918. The van der Waals surface area contributed by atoms with E-state index >= 15 is 0 Å². The van der Waals surface area contributed by atoms with Crippen LogP contribution in [0, 0.1) is 5.92 Å². The molecule has 1 saturated carbocycles. The number of ether oxygens (including phenoxy) is 1. The number of nitrogens with one attached hydrogen (secondary N) is 1. The van der Waals surface area contributed by atoms with E-state index < -0.39 is 5.97 Å². The molecule has 0 amide bonds. The smallest absolute Gasteiger partial charge is 0.337 e. The number of carboxylic acid groups (broad SMARTS) is 1. The first-order valence-electron chi connectivity index (χ1n) is 5.79. The molecule has 1 aromatic carbocycles. The van der Waals surface area contributed by atoms with Gasteiger partial charge in [-0.1, -0.05) is 0 Å². The molecule has 0 aromatic heterocycles. The zero-order valence-corrected chi connectivity index (χ0v) is 10.1. The van der Waals surface area contributed by atoms with E-state index in [1.165, 1.54) is 12.8 Å². The maximum absolute atomic E-state index is 11.1. The van der Waals surface area contributed by atoms with Gasteiger partial charge >= 0.3 is 5.97 Å². The van der Waals surface area contributed by atoms with E-state index in [2.05, 4.69) is 12.2 Å². The SMILES string of the molecule is COc1ccc(C(=O)O)c(NC(C)C2CC2)c1. The fourth-order valence-electron chi connectivity index (χ4n) is 1.92. The van der Waals surface area contributed by atoms with Crippen molar-refractivity contribution in [3.8, 4) is 5.75 Å². The van der Waals surface area contributed by atoms with Crippen molar-refractivity contribution < 1.29 is 14.6 Å². The molecular formula is C13H17NO3. The van der Waals surface area contributed by atoms with Crippen molar-refractivity contribution in [2.75, 3.05) is 12.4 Å². The molecule has 92 valence electrons. The van der Waals surface area contributed by atoms with Crippen LogP contribution in [0.2, 0.25) is 0 Å². The van der Waals surface area contributed by atoms with Gasteiger partial charge in [0.1, 0.15) is 5.75 Å². The van der Waals surface area contributed by atoms with Crippen LogP contribution in [-0.2, 0) is 0 Å². The van der Waals surface area contributed by atoms with Gasteiger partial charge in [0.2, 0.25) is 0 Å². The van der Waals surface area contributed by atoms with Gasteiger partial charge in [-0.25, -0.2) is 4.79 Å². The predicted molar refractivity (Wildman–Crippen MR) is 65.8 cm³/mol. The van der Waals surface area contributed by atoms with E-state index in [0.717, 1.165) is 0 Å². The summed E-state index contributed by atoms with van der Waals surface area (Å²) in [6, 6.07) is 5.28. The summed E-state index contributed by atoms with van der Waals surface area (Å²) in [6.07, 6.45) is 2.45. The fraction of sp³-hybridized carbons (Fsp3) is 0.462. The van der Waals surface area contributed by atoms with E-state index in [1.807, 2.05) is 0 Å². The third kappa shape index (κ3) is 2.70. The van der Waals surface area contributed by atoms with Crippen LogP contribution in [0.5, 0.6) is 5.75 Å². The minimum absolute atomic E-state index is 0.290. The molecule has 0 heterocycles. The molecule has 1 aromatic rings. The number of rotatable bonds is 5. The first-order chi connectivity index (χ1) is 8.11. The van der Waals surface area contributed by atoms with Crippen molar-refractivity contribution in [2.45, 2.75) is 25.8 Å². The van der Waals surface area contributed by atoms with Crippen molar-refractivity contribution >= 4 is 11.7 Å². The highest BCUT2D eigenvalue weighted by atomic mass is 16.5. The summed E-state index contributed by atoms with van der Waals surface area (Å²) in [7, 11) is 1.57. The number of methoxy groups -OCH3 is 1. The van der Waals surface area contributed by atoms with E-state index in [-0.39, 0.29) is 0 Å². The molecule has 0 aliphatic heterocycles. The average Bonchev–Trinajstić information content (AvgIpc) is 3.12. The van der Waals surface area contributed by atoms with Crippen LogP contribution >= 0.6 is 0 Å². The topological polar surface area (TPSA) is 58.6 Å². The molecule has 0 spiro atoms. The minimum Gasteiger partial charge on any atom is -0.497 e. The molecule has 1 aliphatic rings. The third-order valence-corrected chi connectivity index (χ3v) is 3.17. The van der Waals surface area contributed by atoms with Crippen molar-refractivity contribution in [2.24, 2.45) is 5.92 Å². The van der Waals surface area contributed by atoms with Gasteiger partial charge in [-0.2, -0.15) is 0 Å². The second-order valence-electron chi connectivity index (χ2n) is 4.49. The number of hydrogen-bond donors (Lipinski definition) is 2. The lowest BCUT2D eigenvalue weighted by Gasteiger charge is -2.17. The van der Waals surface area contributed by atoms with Crippen LogP contribution in [0.3, 0.4) is 0 Å². The Balaban J connectivity index is 2.23. The van der Waals surface area contributed by atoms with Gasteiger partial charge < -0.3 is 15.2 Å². The van der Waals surface area contributed by atoms with Crippen molar-refractivity contribution in [1.29, 1.82) is 0 Å². The number of benzene rings is 1. The molecule has 2 rings (SSSR count). The summed E-state index contributed by atoms with van der Waals surface area (Å²) in [5, 5.41) is 12.4. The molecule has 0 saturated heterocycles. The molecule has 2 N–H and O–H groups in total. The second-order valence-corrected chi connectivity index (χ2v) is 4.49. The highest BCUT2D eigenvalue weighted by Gasteiger charge is 2.28. The largest absolute Gasteiger partial charge is 0.497 e. The molecule has 1 aliphatic carbocycles. The van der Waals surface area contributed by atoms with Crippen LogP contribution in [-0.4, -0.2) is 24.2 Å². The number of hydrogen-bond acceptors (Lipinski definition) is 3. The molecular weight excluding hydrogens is 218 g/mol. The van der Waals surface area contributed by atoms with Crippen molar-refractivity contribution in [3.05, 3.63) is 23.8 Å².